The number of likely N-dealkylation sites (N-methyl/N-ethyl adjacent to an activating group) is 2. The Balaban J connectivity index is 2.55. The molecule has 0 fully saturated rings. The summed E-state index contributed by atoms with van der Waals surface area (Å²) in [6, 6.07) is 9.01. The highest BCUT2D eigenvalue weighted by molar-refractivity contribution is 5.87. The van der Waals surface area contributed by atoms with Gasteiger partial charge in [0, 0.05) is 20.1 Å². The Morgan fingerprint density at radius 2 is 1.71 bits per heavy atom. The summed E-state index contributed by atoms with van der Waals surface area (Å²) < 4.78 is 0. The van der Waals surface area contributed by atoms with Crippen molar-refractivity contribution in [3.05, 3.63) is 35.9 Å². The zero-order chi connectivity index (χ0) is 15.8. The molecule has 0 aliphatic heterocycles. The van der Waals surface area contributed by atoms with Gasteiger partial charge in [0.1, 0.15) is 0 Å². The van der Waals surface area contributed by atoms with E-state index in [1.165, 1.54) is 4.90 Å². The number of hydrogen-bond donors (Lipinski definition) is 1. The minimum Gasteiger partial charge on any atom is -0.342 e. The van der Waals surface area contributed by atoms with E-state index in [9.17, 15) is 9.59 Å². The fraction of sp³-hybridized carbons (Fsp3) is 0.500. The SMILES string of the molecule is CCN(CC)C(=O)CN(C)C(=O)C(N)Cc1ccccc1. The smallest absolute Gasteiger partial charge is 0.242 e. The van der Waals surface area contributed by atoms with E-state index in [-0.39, 0.29) is 18.4 Å². The molecule has 0 aliphatic carbocycles. The average Bonchev–Trinajstić information content (AvgIpc) is 2.48. The van der Waals surface area contributed by atoms with Crippen LogP contribution in [0.15, 0.2) is 30.3 Å². The van der Waals surface area contributed by atoms with Gasteiger partial charge in [0.05, 0.1) is 12.6 Å². The second-order valence-corrected chi connectivity index (χ2v) is 5.06. The van der Waals surface area contributed by atoms with E-state index in [0.29, 0.717) is 19.5 Å². The highest BCUT2D eigenvalue weighted by Gasteiger charge is 2.21. The van der Waals surface area contributed by atoms with Gasteiger partial charge in [-0.3, -0.25) is 9.59 Å². The van der Waals surface area contributed by atoms with Crippen molar-refractivity contribution in [3.63, 3.8) is 0 Å². The van der Waals surface area contributed by atoms with Gasteiger partial charge in [0.25, 0.3) is 0 Å². The molecule has 2 N–H and O–H groups in total. The number of amides is 2. The lowest BCUT2D eigenvalue weighted by Crippen LogP contribution is -2.47. The lowest BCUT2D eigenvalue weighted by molar-refractivity contribution is -0.139. The van der Waals surface area contributed by atoms with E-state index < -0.39 is 6.04 Å². The van der Waals surface area contributed by atoms with Crippen LogP contribution in [0.25, 0.3) is 0 Å². The summed E-state index contributed by atoms with van der Waals surface area (Å²) in [5.41, 5.74) is 6.97. The molecule has 1 aromatic rings. The van der Waals surface area contributed by atoms with Crippen molar-refractivity contribution in [2.24, 2.45) is 5.73 Å². The summed E-state index contributed by atoms with van der Waals surface area (Å²) in [7, 11) is 1.62. The van der Waals surface area contributed by atoms with E-state index in [1.54, 1.807) is 11.9 Å². The highest BCUT2D eigenvalue weighted by Crippen LogP contribution is 2.04. The number of hydrogen-bond acceptors (Lipinski definition) is 3. The monoisotopic (exact) mass is 291 g/mol. The minimum absolute atomic E-state index is 0.0530. The van der Waals surface area contributed by atoms with Crippen LogP contribution in [-0.4, -0.2) is 54.3 Å². The first kappa shape index (κ1) is 17.2. The molecule has 5 heteroatoms. The second kappa shape index (κ2) is 8.42. The maximum absolute atomic E-state index is 12.2. The third kappa shape index (κ3) is 5.19. The molecule has 2 amide bonds. The first-order valence-corrected chi connectivity index (χ1v) is 7.31. The van der Waals surface area contributed by atoms with Crippen LogP contribution in [0.1, 0.15) is 19.4 Å². The molecule has 0 aliphatic rings. The zero-order valence-electron chi connectivity index (χ0n) is 13.1. The lowest BCUT2D eigenvalue weighted by atomic mass is 10.1. The molecule has 0 radical (unpaired) electrons. The molecule has 0 saturated carbocycles. The Morgan fingerprint density at radius 1 is 1.14 bits per heavy atom. The molecule has 0 heterocycles. The number of rotatable bonds is 7. The molecule has 21 heavy (non-hydrogen) atoms. The predicted octanol–water partition coefficient (Wildman–Crippen LogP) is 0.883. The van der Waals surface area contributed by atoms with Gasteiger partial charge in [-0.05, 0) is 25.8 Å². The predicted molar refractivity (Wildman–Crippen MR) is 83.7 cm³/mol. The maximum Gasteiger partial charge on any atom is 0.242 e. The van der Waals surface area contributed by atoms with Gasteiger partial charge >= 0.3 is 0 Å². The van der Waals surface area contributed by atoms with Crippen LogP contribution in [-0.2, 0) is 16.0 Å². The molecule has 1 atom stereocenters. The van der Waals surface area contributed by atoms with Crippen LogP contribution < -0.4 is 5.73 Å². The quantitative estimate of drug-likeness (QED) is 0.811. The van der Waals surface area contributed by atoms with Crippen molar-refractivity contribution >= 4 is 11.8 Å². The van der Waals surface area contributed by atoms with Crippen LogP contribution in [0.4, 0.5) is 0 Å². The molecule has 1 unspecified atom stereocenters. The summed E-state index contributed by atoms with van der Waals surface area (Å²) in [4.78, 5) is 27.3. The Morgan fingerprint density at radius 3 is 2.24 bits per heavy atom. The molecular formula is C16H25N3O2. The van der Waals surface area contributed by atoms with Crippen molar-refractivity contribution in [2.45, 2.75) is 26.3 Å². The van der Waals surface area contributed by atoms with Gasteiger partial charge in [-0.15, -0.1) is 0 Å². The third-order valence-electron chi connectivity index (χ3n) is 3.48. The number of nitrogens with zero attached hydrogens (tertiary/aromatic N) is 2. The number of carbonyl (C=O) groups excluding carboxylic acids is 2. The van der Waals surface area contributed by atoms with Gasteiger partial charge in [-0.2, -0.15) is 0 Å². The van der Waals surface area contributed by atoms with Crippen molar-refractivity contribution in [2.75, 3.05) is 26.7 Å². The summed E-state index contributed by atoms with van der Waals surface area (Å²) in [5.74, 6) is -0.262. The van der Waals surface area contributed by atoms with Gasteiger partial charge < -0.3 is 15.5 Å². The molecular weight excluding hydrogens is 266 g/mol. The summed E-state index contributed by atoms with van der Waals surface area (Å²) in [6.07, 6.45) is 0.476. The normalized spacial score (nSPS) is 11.8. The molecule has 0 saturated heterocycles. The second-order valence-electron chi connectivity index (χ2n) is 5.06. The maximum atomic E-state index is 12.2. The van der Waals surface area contributed by atoms with Crippen molar-refractivity contribution in [1.29, 1.82) is 0 Å². The summed E-state index contributed by atoms with van der Waals surface area (Å²) in [6.45, 7) is 5.21. The highest BCUT2D eigenvalue weighted by atomic mass is 16.2. The van der Waals surface area contributed by atoms with E-state index in [1.807, 2.05) is 44.2 Å². The molecule has 0 aromatic heterocycles. The van der Waals surface area contributed by atoms with Crippen LogP contribution in [0.3, 0.4) is 0 Å². The van der Waals surface area contributed by atoms with E-state index in [2.05, 4.69) is 0 Å². The van der Waals surface area contributed by atoms with Crippen LogP contribution in [0.2, 0.25) is 0 Å². The van der Waals surface area contributed by atoms with Gasteiger partial charge in [0.2, 0.25) is 11.8 Å². The minimum atomic E-state index is -0.623. The summed E-state index contributed by atoms with van der Waals surface area (Å²) >= 11 is 0. The third-order valence-corrected chi connectivity index (χ3v) is 3.48. The van der Waals surface area contributed by atoms with Crippen molar-refractivity contribution in [1.82, 2.24) is 9.80 Å². The Kier molecular flexibility index (Phi) is 6.88. The van der Waals surface area contributed by atoms with Crippen molar-refractivity contribution < 1.29 is 9.59 Å². The lowest BCUT2D eigenvalue weighted by Gasteiger charge is -2.25. The molecule has 0 spiro atoms. The topological polar surface area (TPSA) is 66.6 Å². The number of carbonyl (C=O) groups is 2. The molecule has 5 nitrogen and oxygen atoms in total. The fourth-order valence-corrected chi connectivity index (χ4v) is 2.20. The number of benzene rings is 1. The van der Waals surface area contributed by atoms with Gasteiger partial charge in [0.15, 0.2) is 0 Å². The first-order valence-electron chi connectivity index (χ1n) is 7.31. The van der Waals surface area contributed by atoms with E-state index >= 15 is 0 Å². The van der Waals surface area contributed by atoms with Crippen LogP contribution in [0.5, 0.6) is 0 Å². The van der Waals surface area contributed by atoms with E-state index in [0.717, 1.165) is 5.56 Å². The molecule has 1 rings (SSSR count). The van der Waals surface area contributed by atoms with Crippen LogP contribution >= 0.6 is 0 Å². The number of nitrogens with two attached hydrogens (primary N) is 1. The summed E-state index contributed by atoms with van der Waals surface area (Å²) in [5, 5.41) is 0. The standard InChI is InChI=1S/C16H25N3O2/c1-4-19(5-2)15(20)12-18(3)16(21)14(17)11-13-9-7-6-8-10-13/h6-10,14H,4-5,11-12,17H2,1-3H3. The van der Waals surface area contributed by atoms with Crippen LogP contribution in [0, 0.1) is 0 Å². The first-order chi connectivity index (χ1) is 9.99. The fourth-order valence-electron chi connectivity index (χ4n) is 2.20. The Labute approximate surface area is 126 Å². The Bertz CT molecular complexity index is 458. The van der Waals surface area contributed by atoms with E-state index in [4.69, 9.17) is 5.73 Å². The average molecular weight is 291 g/mol. The molecule has 0 bridgehead atoms. The van der Waals surface area contributed by atoms with Gasteiger partial charge in [-0.1, -0.05) is 30.3 Å². The largest absolute Gasteiger partial charge is 0.342 e. The zero-order valence-corrected chi connectivity index (χ0v) is 13.1. The van der Waals surface area contributed by atoms with Crippen molar-refractivity contribution in [3.8, 4) is 0 Å². The molecule has 116 valence electrons. The molecule has 1 aromatic carbocycles. The van der Waals surface area contributed by atoms with Gasteiger partial charge in [-0.25, -0.2) is 0 Å². The Hall–Kier alpha value is -1.88.